The minimum atomic E-state index is -1.08. The predicted octanol–water partition coefficient (Wildman–Crippen LogP) is 4.13. The van der Waals surface area contributed by atoms with E-state index < -0.39 is 23.4 Å². The molecule has 2 aromatic heterocycles. The monoisotopic (exact) mass is 616 g/mol. The van der Waals surface area contributed by atoms with Crippen LogP contribution >= 0.6 is 0 Å². The molecule has 2 fully saturated rings. The van der Waals surface area contributed by atoms with Crippen LogP contribution in [0.4, 0.5) is 20.3 Å². The lowest BCUT2D eigenvalue weighted by Crippen LogP contribution is -2.57. The normalized spacial score (nSPS) is 18.9. The Morgan fingerprint density at radius 3 is 2.80 bits per heavy atom. The summed E-state index contributed by atoms with van der Waals surface area (Å²) in [5, 5.41) is 2.23. The van der Waals surface area contributed by atoms with Crippen molar-refractivity contribution in [3.05, 3.63) is 71.2 Å². The Morgan fingerprint density at radius 2 is 2.04 bits per heavy atom. The van der Waals surface area contributed by atoms with Crippen molar-refractivity contribution in [3.63, 3.8) is 0 Å². The van der Waals surface area contributed by atoms with E-state index in [-0.39, 0.29) is 19.1 Å². The number of aryl methyl sites for hydroxylation is 1. The third-order valence-corrected chi connectivity index (χ3v) is 8.96. The molecule has 4 heterocycles. The SMILES string of the molecule is [C-]#[N+]C[C@H]1CN(c2nc(OCCN(C)CC3(F)CC3)nc3c2CCN(c2cncc4cccc(C)c24)C3)CCN1C(=O)C(=C)F. The van der Waals surface area contributed by atoms with E-state index in [0.717, 1.165) is 34.3 Å². The van der Waals surface area contributed by atoms with Gasteiger partial charge in [-0.2, -0.15) is 9.97 Å². The van der Waals surface area contributed by atoms with Crippen LogP contribution in [0, 0.1) is 13.5 Å². The standard InChI is InChI=1S/C33H38F2N8O2/c1-22-6-5-7-24-16-37-18-28(29(22)24)41-11-8-26-27(20-41)38-32(45-15-14-40(4)21-33(35)9-10-33)39-30(26)42-12-13-43(31(44)23(2)34)25(19-42)17-36-3/h5-7,16,18,25H,2,8-15,17,19-21H2,1,4H3/t25-/m0/s1. The van der Waals surface area contributed by atoms with Crippen LogP contribution in [-0.4, -0.2) is 102 Å². The lowest BCUT2D eigenvalue weighted by atomic mass is 10.0. The van der Waals surface area contributed by atoms with E-state index in [1.807, 2.05) is 30.4 Å². The molecule has 2 aliphatic heterocycles. The highest BCUT2D eigenvalue weighted by molar-refractivity contribution is 5.96. The number of pyridine rings is 1. The second-order valence-electron chi connectivity index (χ2n) is 12.3. The molecule has 0 N–H and O–H groups in total. The fraction of sp³-hybridized carbons (Fsp3) is 0.485. The Labute approximate surface area is 262 Å². The molecule has 0 spiro atoms. The highest BCUT2D eigenvalue weighted by Crippen LogP contribution is 2.40. The maximum absolute atomic E-state index is 14.3. The number of piperazine rings is 1. The van der Waals surface area contributed by atoms with Gasteiger partial charge in [-0.15, -0.1) is 0 Å². The molecule has 1 saturated carbocycles. The number of hydrogen-bond acceptors (Lipinski definition) is 8. The van der Waals surface area contributed by atoms with Gasteiger partial charge in [-0.05, 0) is 38.8 Å². The molecule has 236 valence electrons. The number of ether oxygens (including phenoxy) is 1. The first-order valence-electron chi connectivity index (χ1n) is 15.4. The summed E-state index contributed by atoms with van der Waals surface area (Å²) in [6, 6.07) is 5.91. The molecule has 0 bridgehead atoms. The molecule has 3 aromatic rings. The highest BCUT2D eigenvalue weighted by Gasteiger charge is 2.43. The lowest BCUT2D eigenvalue weighted by molar-refractivity contribution is -0.131. The first-order valence-corrected chi connectivity index (χ1v) is 15.4. The molecule has 10 nitrogen and oxygen atoms in total. The zero-order valence-electron chi connectivity index (χ0n) is 25.8. The van der Waals surface area contributed by atoms with E-state index in [9.17, 15) is 13.6 Å². The van der Waals surface area contributed by atoms with Gasteiger partial charge in [-0.3, -0.25) is 14.7 Å². The molecule has 1 saturated heterocycles. The topological polar surface area (TPSA) is 82.3 Å². The maximum atomic E-state index is 14.3. The fourth-order valence-corrected chi connectivity index (χ4v) is 6.44. The van der Waals surface area contributed by atoms with E-state index >= 15 is 0 Å². The summed E-state index contributed by atoms with van der Waals surface area (Å²) in [5.41, 5.74) is 2.95. The Balaban J connectivity index is 1.29. The molecule has 1 atom stereocenters. The number of alkyl halides is 1. The van der Waals surface area contributed by atoms with Crippen LogP contribution in [0.1, 0.15) is 29.7 Å². The summed E-state index contributed by atoms with van der Waals surface area (Å²) in [5.74, 6) is -1.11. The van der Waals surface area contributed by atoms with Crippen LogP contribution < -0.4 is 14.5 Å². The third kappa shape index (κ3) is 6.54. The van der Waals surface area contributed by atoms with E-state index in [0.29, 0.717) is 64.4 Å². The lowest BCUT2D eigenvalue weighted by Gasteiger charge is -2.41. The summed E-state index contributed by atoms with van der Waals surface area (Å²) in [7, 11) is 1.88. The zero-order valence-corrected chi connectivity index (χ0v) is 25.8. The number of benzene rings is 1. The van der Waals surface area contributed by atoms with E-state index in [2.05, 4.69) is 45.3 Å². The molecule has 1 aliphatic carbocycles. The van der Waals surface area contributed by atoms with Crippen molar-refractivity contribution in [3.8, 4) is 6.01 Å². The summed E-state index contributed by atoms with van der Waals surface area (Å²) in [4.78, 5) is 37.9. The number of carbonyl (C=O) groups excluding carboxylic acids is 1. The van der Waals surface area contributed by atoms with Gasteiger partial charge < -0.3 is 24.3 Å². The first-order chi connectivity index (χ1) is 21.7. The average molecular weight is 617 g/mol. The van der Waals surface area contributed by atoms with Gasteiger partial charge >= 0.3 is 6.01 Å². The maximum Gasteiger partial charge on any atom is 0.318 e. The van der Waals surface area contributed by atoms with Gasteiger partial charge in [0.15, 0.2) is 5.83 Å². The molecule has 6 rings (SSSR count). The van der Waals surface area contributed by atoms with Gasteiger partial charge in [0.2, 0.25) is 6.54 Å². The number of rotatable bonds is 10. The van der Waals surface area contributed by atoms with E-state index in [1.54, 1.807) is 0 Å². The van der Waals surface area contributed by atoms with Crippen LogP contribution in [0.2, 0.25) is 0 Å². The van der Waals surface area contributed by atoms with Gasteiger partial charge in [0.05, 0.1) is 24.1 Å². The molecule has 0 radical (unpaired) electrons. The zero-order chi connectivity index (χ0) is 31.7. The van der Waals surface area contributed by atoms with Crippen molar-refractivity contribution >= 4 is 28.2 Å². The summed E-state index contributed by atoms with van der Waals surface area (Å²) in [6.07, 6.45) is 5.65. The van der Waals surface area contributed by atoms with Gasteiger partial charge in [0.1, 0.15) is 24.1 Å². The van der Waals surface area contributed by atoms with Crippen LogP contribution in [0.3, 0.4) is 0 Å². The summed E-state index contributed by atoms with van der Waals surface area (Å²) < 4.78 is 34.2. The first kappa shape index (κ1) is 30.6. The van der Waals surface area contributed by atoms with Crippen LogP contribution in [-0.2, 0) is 17.8 Å². The molecule has 3 aliphatic rings. The average Bonchev–Trinajstić information content (AvgIpc) is 3.75. The second kappa shape index (κ2) is 12.6. The second-order valence-corrected chi connectivity index (χ2v) is 12.3. The third-order valence-electron chi connectivity index (χ3n) is 8.96. The molecule has 1 amide bonds. The Bertz CT molecular complexity index is 1650. The number of halogens is 2. The van der Waals surface area contributed by atoms with Crippen molar-refractivity contribution in [1.29, 1.82) is 0 Å². The number of fused-ring (bicyclic) bond motifs is 2. The number of carbonyl (C=O) groups is 1. The minimum absolute atomic E-state index is 0.0375. The number of hydrogen-bond donors (Lipinski definition) is 0. The number of amides is 1. The van der Waals surface area contributed by atoms with Crippen molar-refractivity contribution < 1.29 is 18.3 Å². The fourth-order valence-electron chi connectivity index (χ4n) is 6.44. The van der Waals surface area contributed by atoms with Crippen LogP contribution in [0.25, 0.3) is 15.6 Å². The highest BCUT2D eigenvalue weighted by atomic mass is 19.1. The quantitative estimate of drug-likeness (QED) is 0.249. The predicted molar refractivity (Wildman–Crippen MR) is 169 cm³/mol. The molecule has 1 aromatic carbocycles. The number of aromatic nitrogens is 3. The number of anilines is 2. The summed E-state index contributed by atoms with van der Waals surface area (Å²) in [6.45, 7) is 16.2. The van der Waals surface area contributed by atoms with Crippen molar-refractivity contribution in [1.82, 2.24) is 24.8 Å². The number of nitrogens with zero attached hydrogens (tertiary/aromatic N) is 8. The minimum Gasteiger partial charge on any atom is -0.462 e. The molecular weight excluding hydrogens is 578 g/mol. The Morgan fingerprint density at radius 1 is 1.22 bits per heavy atom. The largest absolute Gasteiger partial charge is 0.462 e. The van der Waals surface area contributed by atoms with Gasteiger partial charge in [-0.25, -0.2) is 15.4 Å². The van der Waals surface area contributed by atoms with Crippen molar-refractivity contribution in [2.24, 2.45) is 0 Å². The Hall–Kier alpha value is -4.37. The number of likely N-dealkylation sites (N-methyl/N-ethyl adjacent to an activating group) is 1. The Kier molecular flexibility index (Phi) is 8.55. The molecule has 0 unspecified atom stereocenters. The van der Waals surface area contributed by atoms with E-state index in [4.69, 9.17) is 21.3 Å². The molecule has 12 heteroatoms. The van der Waals surface area contributed by atoms with Crippen LogP contribution in [0.15, 0.2) is 43.0 Å². The van der Waals surface area contributed by atoms with Crippen LogP contribution in [0.5, 0.6) is 6.01 Å². The molecular formula is C33H38F2N8O2. The van der Waals surface area contributed by atoms with E-state index in [1.165, 1.54) is 10.5 Å². The van der Waals surface area contributed by atoms with Gasteiger partial charge in [0.25, 0.3) is 5.91 Å². The smallest absolute Gasteiger partial charge is 0.318 e. The molecule has 45 heavy (non-hydrogen) atoms. The van der Waals surface area contributed by atoms with Crippen molar-refractivity contribution in [2.45, 2.75) is 44.4 Å². The van der Waals surface area contributed by atoms with Gasteiger partial charge in [-0.1, -0.05) is 24.8 Å². The van der Waals surface area contributed by atoms with Crippen molar-refractivity contribution in [2.75, 3.05) is 69.3 Å². The summed E-state index contributed by atoms with van der Waals surface area (Å²) >= 11 is 0. The van der Waals surface area contributed by atoms with Gasteiger partial charge in [0, 0.05) is 61.8 Å².